The number of nitrogens with two attached hydrogens (primary N) is 1. The molecule has 3 atom stereocenters. The number of anilines is 1. The summed E-state index contributed by atoms with van der Waals surface area (Å²) in [5.74, 6) is 0.643. The Kier molecular flexibility index (Phi) is 5.53. The fourth-order valence-electron chi connectivity index (χ4n) is 3.31. The number of likely N-dealkylation sites (N-methyl/N-ethyl adjacent to an activating group) is 1. The molecule has 0 amide bonds. The van der Waals surface area contributed by atoms with Crippen LogP contribution >= 0.6 is 11.6 Å². The van der Waals surface area contributed by atoms with Crippen LogP contribution in [0.2, 0.25) is 5.02 Å². The molecule has 1 saturated heterocycles. The summed E-state index contributed by atoms with van der Waals surface area (Å²) in [5, 5.41) is 0.849. The Morgan fingerprint density at radius 1 is 1.38 bits per heavy atom. The summed E-state index contributed by atoms with van der Waals surface area (Å²) in [5.41, 5.74) is 8.63. The zero-order valence-electron chi connectivity index (χ0n) is 13.6. The predicted molar refractivity (Wildman–Crippen MR) is 92.3 cm³/mol. The first-order valence-electron chi connectivity index (χ1n) is 7.88. The Morgan fingerprint density at radius 2 is 2.10 bits per heavy atom. The van der Waals surface area contributed by atoms with Gasteiger partial charge in [0.15, 0.2) is 0 Å². The van der Waals surface area contributed by atoms with Crippen molar-refractivity contribution < 1.29 is 0 Å². The molecule has 1 fully saturated rings. The largest absolute Gasteiger partial charge is 0.368 e. The molecule has 0 radical (unpaired) electrons. The first kappa shape index (κ1) is 16.6. The van der Waals surface area contributed by atoms with Crippen molar-refractivity contribution in [1.82, 2.24) is 4.90 Å². The topological polar surface area (TPSA) is 32.5 Å². The van der Waals surface area contributed by atoms with E-state index in [1.165, 1.54) is 11.3 Å². The minimum atomic E-state index is 0.201. The van der Waals surface area contributed by atoms with Gasteiger partial charge in [-0.3, -0.25) is 0 Å². The maximum absolute atomic E-state index is 6.52. The third-order valence-corrected chi connectivity index (χ3v) is 4.93. The number of halogens is 1. The van der Waals surface area contributed by atoms with E-state index in [1.807, 2.05) is 12.1 Å². The van der Waals surface area contributed by atoms with E-state index in [0.29, 0.717) is 12.0 Å². The van der Waals surface area contributed by atoms with Crippen molar-refractivity contribution in [1.29, 1.82) is 0 Å². The Hall–Kier alpha value is -0.770. The number of hydrogen-bond acceptors (Lipinski definition) is 3. The second-order valence-electron chi connectivity index (χ2n) is 6.53. The number of rotatable bonds is 5. The van der Waals surface area contributed by atoms with Gasteiger partial charge in [0.05, 0.1) is 10.7 Å². The van der Waals surface area contributed by atoms with E-state index in [2.05, 4.69) is 43.8 Å². The molecule has 0 spiro atoms. The van der Waals surface area contributed by atoms with Crippen molar-refractivity contribution in [2.24, 2.45) is 11.7 Å². The van der Waals surface area contributed by atoms with E-state index >= 15 is 0 Å². The van der Waals surface area contributed by atoms with Gasteiger partial charge >= 0.3 is 0 Å². The number of benzene rings is 1. The number of hydrogen-bond donors (Lipinski definition) is 1. The first-order chi connectivity index (χ1) is 9.93. The highest BCUT2D eigenvalue weighted by Gasteiger charge is 2.32. The molecule has 4 heteroatoms. The van der Waals surface area contributed by atoms with Gasteiger partial charge in [0, 0.05) is 25.2 Å². The van der Waals surface area contributed by atoms with Crippen molar-refractivity contribution >= 4 is 17.3 Å². The summed E-state index contributed by atoms with van der Waals surface area (Å²) in [6.45, 7) is 6.54. The van der Waals surface area contributed by atoms with Gasteiger partial charge in [0.1, 0.15) is 0 Å². The summed E-state index contributed by atoms with van der Waals surface area (Å²) in [6.07, 6.45) is 1.88. The summed E-state index contributed by atoms with van der Waals surface area (Å²) in [6, 6.07) is 6.98. The molecule has 118 valence electrons. The average Bonchev–Trinajstić information content (AvgIpc) is 2.80. The molecule has 21 heavy (non-hydrogen) atoms. The van der Waals surface area contributed by atoms with Gasteiger partial charge in [0.2, 0.25) is 0 Å². The first-order valence-corrected chi connectivity index (χ1v) is 8.26. The Bertz CT molecular complexity index is 475. The highest BCUT2D eigenvalue weighted by Crippen LogP contribution is 2.35. The lowest BCUT2D eigenvalue weighted by Crippen LogP contribution is -2.34. The lowest BCUT2D eigenvalue weighted by atomic mass is 10.0. The highest BCUT2D eigenvalue weighted by molar-refractivity contribution is 6.33. The third-order valence-electron chi connectivity index (χ3n) is 4.63. The van der Waals surface area contributed by atoms with Gasteiger partial charge in [-0.15, -0.1) is 0 Å². The van der Waals surface area contributed by atoms with Crippen LogP contribution in [-0.2, 0) is 6.42 Å². The normalized spacial score (nSPS) is 23.9. The van der Waals surface area contributed by atoms with Gasteiger partial charge < -0.3 is 15.5 Å². The summed E-state index contributed by atoms with van der Waals surface area (Å²) >= 11 is 6.52. The van der Waals surface area contributed by atoms with E-state index in [-0.39, 0.29) is 6.04 Å². The smallest absolute Gasteiger partial charge is 0.0642 e. The molecule has 1 aliphatic heterocycles. The minimum absolute atomic E-state index is 0.201. The molecule has 3 unspecified atom stereocenters. The number of para-hydroxylation sites is 1. The van der Waals surface area contributed by atoms with Gasteiger partial charge in [-0.2, -0.15) is 0 Å². The molecule has 2 N–H and O–H groups in total. The van der Waals surface area contributed by atoms with Crippen molar-refractivity contribution in [3.63, 3.8) is 0 Å². The van der Waals surface area contributed by atoms with Crippen molar-refractivity contribution in [3.8, 4) is 0 Å². The van der Waals surface area contributed by atoms with Crippen LogP contribution in [0.1, 0.15) is 25.8 Å². The van der Waals surface area contributed by atoms with Crippen molar-refractivity contribution in [2.45, 2.75) is 38.8 Å². The van der Waals surface area contributed by atoms with Crippen LogP contribution in [0.3, 0.4) is 0 Å². The van der Waals surface area contributed by atoms with Gasteiger partial charge in [-0.25, -0.2) is 0 Å². The predicted octanol–water partition coefficient (Wildman–Crippen LogP) is 3.01. The monoisotopic (exact) mass is 309 g/mol. The van der Waals surface area contributed by atoms with Gasteiger partial charge in [-0.1, -0.05) is 37.6 Å². The summed E-state index contributed by atoms with van der Waals surface area (Å²) in [4.78, 5) is 4.76. The van der Waals surface area contributed by atoms with Crippen LogP contribution in [0, 0.1) is 5.92 Å². The minimum Gasteiger partial charge on any atom is -0.368 e. The average molecular weight is 310 g/mol. The standard InChI is InChI=1S/C17H28ClN3/c1-5-14(19)9-13-7-6-8-15(18)17(13)21-10-12(2)16(11-21)20(3)4/h6-8,12,14,16H,5,9-11,19H2,1-4H3. The molecule has 1 aromatic carbocycles. The van der Waals surface area contributed by atoms with Gasteiger partial charge in [0.25, 0.3) is 0 Å². The van der Waals surface area contributed by atoms with Crippen molar-refractivity contribution in [2.75, 3.05) is 32.1 Å². The SMILES string of the molecule is CCC(N)Cc1cccc(Cl)c1N1CC(C)C(N(C)C)C1. The second kappa shape index (κ2) is 6.99. The quantitative estimate of drug-likeness (QED) is 0.907. The Labute approximate surface area is 134 Å². The van der Waals surface area contributed by atoms with Crippen LogP contribution in [0.4, 0.5) is 5.69 Å². The molecule has 0 bridgehead atoms. The zero-order valence-corrected chi connectivity index (χ0v) is 14.4. The van der Waals surface area contributed by atoms with Crippen LogP contribution in [0.25, 0.3) is 0 Å². The summed E-state index contributed by atoms with van der Waals surface area (Å²) < 4.78 is 0. The second-order valence-corrected chi connectivity index (χ2v) is 6.94. The van der Waals surface area contributed by atoms with E-state index in [0.717, 1.165) is 31.0 Å². The fourth-order valence-corrected chi connectivity index (χ4v) is 3.62. The van der Waals surface area contributed by atoms with E-state index in [1.54, 1.807) is 0 Å². The summed E-state index contributed by atoms with van der Waals surface area (Å²) in [7, 11) is 4.32. The van der Waals surface area contributed by atoms with E-state index < -0.39 is 0 Å². The van der Waals surface area contributed by atoms with E-state index in [4.69, 9.17) is 17.3 Å². The molecular formula is C17H28ClN3. The molecular weight excluding hydrogens is 282 g/mol. The molecule has 1 aliphatic rings. The van der Waals surface area contributed by atoms with Crippen LogP contribution in [0.5, 0.6) is 0 Å². The third kappa shape index (κ3) is 3.71. The maximum Gasteiger partial charge on any atom is 0.0642 e. The lowest BCUT2D eigenvalue weighted by molar-refractivity contribution is 0.266. The van der Waals surface area contributed by atoms with Crippen molar-refractivity contribution in [3.05, 3.63) is 28.8 Å². The van der Waals surface area contributed by atoms with Gasteiger partial charge in [-0.05, 0) is 44.5 Å². The van der Waals surface area contributed by atoms with E-state index in [9.17, 15) is 0 Å². The fraction of sp³-hybridized carbons (Fsp3) is 0.647. The van der Waals surface area contributed by atoms with Crippen LogP contribution < -0.4 is 10.6 Å². The highest BCUT2D eigenvalue weighted by atomic mass is 35.5. The Balaban J connectivity index is 2.27. The molecule has 0 aliphatic carbocycles. The zero-order chi connectivity index (χ0) is 15.6. The Morgan fingerprint density at radius 3 is 2.67 bits per heavy atom. The molecule has 0 saturated carbocycles. The van der Waals surface area contributed by atoms with Crippen LogP contribution in [-0.4, -0.2) is 44.2 Å². The number of nitrogens with zero attached hydrogens (tertiary/aromatic N) is 2. The molecule has 0 aromatic heterocycles. The lowest BCUT2D eigenvalue weighted by Gasteiger charge is -2.26. The van der Waals surface area contributed by atoms with Crippen LogP contribution in [0.15, 0.2) is 18.2 Å². The maximum atomic E-state index is 6.52. The molecule has 2 rings (SSSR count). The molecule has 3 nitrogen and oxygen atoms in total. The molecule has 1 heterocycles. The molecule has 1 aromatic rings.